The third-order valence-electron chi connectivity index (χ3n) is 2.05. The first kappa shape index (κ1) is 13.4. The average Bonchev–Trinajstić information content (AvgIpc) is 2.33. The molecule has 0 aromatic carbocycles. The number of carboxylic acids is 1. The van der Waals surface area contributed by atoms with Crippen LogP contribution in [0.4, 0.5) is 11.5 Å². The number of hydrogen-bond acceptors (Lipinski definition) is 6. The second kappa shape index (κ2) is 6.15. The molecule has 0 aliphatic heterocycles. The zero-order valence-corrected chi connectivity index (χ0v) is 9.29. The molecule has 0 spiro atoms. The number of nitriles is 1. The Balaban J connectivity index is 2.66. The van der Waals surface area contributed by atoms with E-state index in [0.29, 0.717) is 18.8 Å². The molecule has 8 nitrogen and oxygen atoms in total. The summed E-state index contributed by atoms with van der Waals surface area (Å²) in [6.07, 6.45) is 0.418. The molecular weight excluding hydrogens is 240 g/mol. The monoisotopic (exact) mass is 250 g/mol. The molecule has 0 aliphatic rings. The van der Waals surface area contributed by atoms with Crippen LogP contribution in [0.1, 0.15) is 18.5 Å². The number of aliphatic carboxylic acids is 1. The zero-order valence-electron chi connectivity index (χ0n) is 9.29. The maximum Gasteiger partial charge on any atom is 0.305 e. The fraction of sp³-hybridized carbons (Fsp3) is 0.300. The molecule has 1 aromatic heterocycles. The van der Waals surface area contributed by atoms with Gasteiger partial charge in [-0.3, -0.25) is 14.9 Å². The molecule has 1 heterocycles. The largest absolute Gasteiger partial charge is 0.481 e. The first-order chi connectivity index (χ1) is 8.54. The van der Waals surface area contributed by atoms with Gasteiger partial charge in [0.05, 0.1) is 4.92 Å². The lowest BCUT2D eigenvalue weighted by molar-refractivity contribution is -0.385. The van der Waals surface area contributed by atoms with Crippen LogP contribution in [0.25, 0.3) is 0 Å². The number of nitro groups is 1. The summed E-state index contributed by atoms with van der Waals surface area (Å²) in [5.41, 5.74) is -0.628. The minimum Gasteiger partial charge on any atom is -0.481 e. The van der Waals surface area contributed by atoms with Crippen LogP contribution in [-0.4, -0.2) is 27.5 Å². The van der Waals surface area contributed by atoms with E-state index in [0.717, 1.165) is 0 Å². The Labute approximate surface area is 102 Å². The van der Waals surface area contributed by atoms with Crippen LogP contribution >= 0.6 is 0 Å². The Hall–Kier alpha value is -2.69. The van der Waals surface area contributed by atoms with E-state index in [9.17, 15) is 14.9 Å². The predicted molar refractivity (Wildman–Crippen MR) is 61.0 cm³/mol. The van der Waals surface area contributed by atoms with Gasteiger partial charge in [0.2, 0.25) is 5.69 Å². The van der Waals surface area contributed by atoms with Gasteiger partial charge in [0.1, 0.15) is 11.9 Å². The van der Waals surface area contributed by atoms with Crippen molar-refractivity contribution in [2.45, 2.75) is 12.8 Å². The van der Waals surface area contributed by atoms with E-state index in [4.69, 9.17) is 10.4 Å². The molecule has 8 heteroatoms. The number of hydrogen-bond donors (Lipinski definition) is 2. The first-order valence-electron chi connectivity index (χ1n) is 5.06. The predicted octanol–water partition coefficient (Wildman–Crippen LogP) is 1.14. The van der Waals surface area contributed by atoms with E-state index in [1.807, 2.05) is 0 Å². The number of anilines is 1. The van der Waals surface area contributed by atoms with Gasteiger partial charge in [-0.15, -0.1) is 0 Å². The van der Waals surface area contributed by atoms with Gasteiger partial charge >= 0.3 is 11.7 Å². The summed E-state index contributed by atoms with van der Waals surface area (Å²) < 4.78 is 0. The Morgan fingerprint density at radius 2 is 2.33 bits per heavy atom. The number of pyridine rings is 1. The van der Waals surface area contributed by atoms with Crippen molar-refractivity contribution in [3.8, 4) is 6.07 Å². The van der Waals surface area contributed by atoms with E-state index in [-0.39, 0.29) is 17.8 Å². The van der Waals surface area contributed by atoms with Gasteiger partial charge in [0, 0.05) is 19.0 Å². The first-order valence-corrected chi connectivity index (χ1v) is 5.06. The fourth-order valence-electron chi connectivity index (χ4n) is 1.24. The minimum absolute atomic E-state index is 0.0189. The van der Waals surface area contributed by atoms with Gasteiger partial charge in [-0.2, -0.15) is 5.26 Å². The summed E-state index contributed by atoms with van der Waals surface area (Å²) in [6.45, 7) is 0.363. The summed E-state index contributed by atoms with van der Waals surface area (Å²) >= 11 is 0. The molecule has 0 saturated heterocycles. The highest BCUT2D eigenvalue weighted by Crippen LogP contribution is 2.17. The molecule has 1 aromatic rings. The number of carbonyl (C=O) groups is 1. The fourth-order valence-corrected chi connectivity index (χ4v) is 1.24. The third kappa shape index (κ3) is 3.71. The van der Waals surface area contributed by atoms with Crippen molar-refractivity contribution in [3.05, 3.63) is 27.9 Å². The molecule has 0 saturated carbocycles. The van der Waals surface area contributed by atoms with Gasteiger partial charge in [0.15, 0.2) is 0 Å². The van der Waals surface area contributed by atoms with E-state index >= 15 is 0 Å². The summed E-state index contributed by atoms with van der Waals surface area (Å²) in [6, 6.07) is 4.20. The van der Waals surface area contributed by atoms with E-state index < -0.39 is 10.9 Å². The Morgan fingerprint density at radius 3 is 2.89 bits per heavy atom. The maximum atomic E-state index is 10.6. The molecule has 0 bridgehead atoms. The van der Waals surface area contributed by atoms with Crippen molar-refractivity contribution in [3.63, 3.8) is 0 Å². The Kier molecular flexibility index (Phi) is 4.57. The van der Waals surface area contributed by atoms with Gasteiger partial charge in [-0.25, -0.2) is 4.98 Å². The lowest BCUT2D eigenvalue weighted by Crippen LogP contribution is -2.07. The number of nitrogens with zero attached hydrogens (tertiary/aromatic N) is 3. The van der Waals surface area contributed by atoms with Crippen molar-refractivity contribution in [1.29, 1.82) is 5.26 Å². The molecule has 2 N–H and O–H groups in total. The summed E-state index contributed by atoms with van der Waals surface area (Å²) in [4.78, 5) is 23.9. The zero-order chi connectivity index (χ0) is 13.5. The van der Waals surface area contributed by atoms with Crippen molar-refractivity contribution in [2.24, 2.45) is 0 Å². The van der Waals surface area contributed by atoms with Crippen LogP contribution in [0, 0.1) is 21.4 Å². The molecule has 0 aliphatic carbocycles. The highest BCUT2D eigenvalue weighted by molar-refractivity contribution is 5.66. The number of aromatic nitrogens is 1. The molecule has 18 heavy (non-hydrogen) atoms. The summed E-state index contributed by atoms with van der Waals surface area (Å²) in [5, 5.41) is 30.5. The van der Waals surface area contributed by atoms with Crippen LogP contribution in [0.5, 0.6) is 0 Å². The molecule has 1 rings (SSSR count). The summed E-state index contributed by atoms with van der Waals surface area (Å²) in [5.74, 6) is -0.589. The van der Waals surface area contributed by atoms with Gasteiger partial charge in [-0.05, 0) is 12.5 Å². The van der Waals surface area contributed by atoms with Gasteiger partial charge < -0.3 is 10.4 Å². The van der Waals surface area contributed by atoms with Crippen LogP contribution in [0.15, 0.2) is 12.1 Å². The lowest BCUT2D eigenvalue weighted by Gasteiger charge is -2.04. The van der Waals surface area contributed by atoms with Gasteiger partial charge in [0.25, 0.3) is 0 Å². The number of carboxylic acid groups (broad SMARTS) is 1. The van der Waals surface area contributed by atoms with Crippen molar-refractivity contribution in [1.82, 2.24) is 4.98 Å². The second-order valence-corrected chi connectivity index (χ2v) is 3.36. The number of nitrogens with one attached hydrogen (secondary N) is 1. The Morgan fingerprint density at radius 1 is 1.61 bits per heavy atom. The SMILES string of the molecule is N#Cc1nc(NCCCC(=O)O)ccc1[N+](=O)[O-]. The molecule has 0 atom stereocenters. The summed E-state index contributed by atoms with van der Waals surface area (Å²) in [7, 11) is 0. The quantitative estimate of drug-likeness (QED) is 0.439. The smallest absolute Gasteiger partial charge is 0.305 e. The highest BCUT2D eigenvalue weighted by Gasteiger charge is 2.15. The van der Waals surface area contributed by atoms with E-state index in [1.54, 1.807) is 6.07 Å². The molecule has 0 fully saturated rings. The van der Waals surface area contributed by atoms with Crippen LogP contribution < -0.4 is 5.32 Å². The van der Waals surface area contributed by atoms with Crippen LogP contribution in [-0.2, 0) is 4.79 Å². The molecule has 0 radical (unpaired) electrons. The minimum atomic E-state index is -0.897. The topological polar surface area (TPSA) is 129 Å². The van der Waals surface area contributed by atoms with Crippen LogP contribution in [0.2, 0.25) is 0 Å². The number of rotatable bonds is 6. The molecule has 94 valence electrons. The van der Waals surface area contributed by atoms with E-state index in [2.05, 4.69) is 10.3 Å². The third-order valence-corrected chi connectivity index (χ3v) is 2.05. The molecule has 0 amide bonds. The van der Waals surface area contributed by atoms with Crippen molar-refractivity contribution in [2.75, 3.05) is 11.9 Å². The second-order valence-electron chi connectivity index (χ2n) is 3.36. The van der Waals surface area contributed by atoms with Gasteiger partial charge in [-0.1, -0.05) is 0 Å². The molecular formula is C10H10N4O4. The lowest BCUT2D eigenvalue weighted by atomic mass is 10.3. The normalized spacial score (nSPS) is 9.50. The standard InChI is InChI=1S/C10H10N4O4/c11-6-7-8(14(17)18)3-4-9(13-7)12-5-1-2-10(15)16/h3-4H,1-2,5H2,(H,12,13)(H,15,16). The average molecular weight is 250 g/mol. The maximum absolute atomic E-state index is 10.6. The van der Waals surface area contributed by atoms with E-state index in [1.165, 1.54) is 12.1 Å². The van der Waals surface area contributed by atoms with Crippen molar-refractivity contribution < 1.29 is 14.8 Å². The Bertz CT molecular complexity index is 509. The van der Waals surface area contributed by atoms with Crippen molar-refractivity contribution >= 4 is 17.5 Å². The highest BCUT2D eigenvalue weighted by atomic mass is 16.6. The molecule has 0 unspecified atom stereocenters. The van der Waals surface area contributed by atoms with Crippen LogP contribution in [0.3, 0.4) is 0 Å².